The molecule has 0 bridgehead atoms. The van der Waals surface area contributed by atoms with Crippen molar-refractivity contribution in [2.24, 2.45) is 5.41 Å². The third kappa shape index (κ3) is 3.45. The van der Waals surface area contributed by atoms with Crippen LogP contribution >= 0.6 is 0 Å². The molecule has 2 atom stereocenters. The summed E-state index contributed by atoms with van der Waals surface area (Å²) in [6.07, 6.45) is -2.48. The first-order valence-corrected chi connectivity index (χ1v) is 11.0. The zero-order valence-electron chi connectivity index (χ0n) is 18.9. The van der Waals surface area contributed by atoms with Gasteiger partial charge in [-0.15, -0.1) is 0 Å². The normalized spacial score (nSPS) is 22.5. The summed E-state index contributed by atoms with van der Waals surface area (Å²) in [7, 11) is 0. The lowest BCUT2D eigenvalue weighted by Gasteiger charge is -2.43. The number of halogens is 4. The van der Waals surface area contributed by atoms with Crippen molar-refractivity contribution >= 4 is 11.7 Å². The minimum absolute atomic E-state index is 0.0677. The number of pyridine rings is 1. The van der Waals surface area contributed by atoms with Crippen molar-refractivity contribution in [3.05, 3.63) is 45.2 Å². The minimum atomic E-state index is -2.88. The highest BCUT2D eigenvalue weighted by atomic mass is 19.3. The number of fused-ring (bicyclic) bond motifs is 5. The number of carbonyl (C=O) groups is 1. The second-order valence-electron chi connectivity index (χ2n) is 10.4. The number of benzene rings is 1. The van der Waals surface area contributed by atoms with Gasteiger partial charge in [-0.1, -0.05) is 20.8 Å². The molecule has 3 aliphatic rings. The molecule has 34 heavy (non-hydrogen) atoms. The van der Waals surface area contributed by atoms with Crippen molar-refractivity contribution in [1.29, 1.82) is 0 Å². The Morgan fingerprint density at radius 1 is 1.18 bits per heavy atom. The van der Waals surface area contributed by atoms with Gasteiger partial charge >= 0.3 is 5.97 Å². The molecule has 1 saturated heterocycles. The van der Waals surface area contributed by atoms with Crippen molar-refractivity contribution in [3.8, 4) is 17.0 Å². The van der Waals surface area contributed by atoms with Crippen LogP contribution in [0.15, 0.2) is 23.1 Å². The Morgan fingerprint density at radius 2 is 1.85 bits per heavy atom. The molecule has 4 heterocycles. The number of hydrogen-bond acceptors (Lipinski definition) is 4. The van der Waals surface area contributed by atoms with Crippen molar-refractivity contribution in [2.45, 2.75) is 58.1 Å². The van der Waals surface area contributed by atoms with E-state index in [9.17, 15) is 32.3 Å². The Labute approximate surface area is 192 Å². The summed E-state index contributed by atoms with van der Waals surface area (Å²) in [6.45, 7) is 4.80. The van der Waals surface area contributed by atoms with Crippen LogP contribution in [0.25, 0.3) is 11.3 Å². The first kappa shape index (κ1) is 22.7. The van der Waals surface area contributed by atoms with Crippen LogP contribution in [0, 0.1) is 5.41 Å². The molecule has 0 spiro atoms. The molecule has 1 fully saturated rings. The van der Waals surface area contributed by atoms with Crippen LogP contribution in [0.5, 0.6) is 5.75 Å². The summed E-state index contributed by atoms with van der Waals surface area (Å²) in [6, 6.07) is 2.58. The molecule has 1 unspecified atom stereocenters. The molecule has 2 aromatic rings. The van der Waals surface area contributed by atoms with Crippen LogP contribution in [0.3, 0.4) is 0 Å². The van der Waals surface area contributed by atoms with Gasteiger partial charge in [-0.3, -0.25) is 4.79 Å². The van der Waals surface area contributed by atoms with E-state index in [-0.39, 0.29) is 29.2 Å². The molecule has 1 N–H and O–H groups in total. The van der Waals surface area contributed by atoms with Crippen LogP contribution in [0.2, 0.25) is 0 Å². The fourth-order valence-electron chi connectivity index (χ4n) is 5.20. The average Bonchev–Trinajstić information content (AvgIpc) is 3.15. The minimum Gasteiger partial charge on any atom is -0.482 e. The van der Waals surface area contributed by atoms with E-state index in [1.807, 2.05) is 20.8 Å². The van der Waals surface area contributed by atoms with Crippen LogP contribution in [0.1, 0.15) is 48.3 Å². The average molecular weight is 480 g/mol. The van der Waals surface area contributed by atoms with Gasteiger partial charge in [0.25, 0.3) is 12.3 Å². The van der Waals surface area contributed by atoms with Gasteiger partial charge in [0, 0.05) is 35.9 Å². The fourth-order valence-corrected chi connectivity index (χ4v) is 5.20. The lowest BCUT2D eigenvalue weighted by atomic mass is 9.77. The molecule has 182 valence electrons. The Hall–Kier alpha value is -3.04. The van der Waals surface area contributed by atoms with E-state index in [0.29, 0.717) is 28.9 Å². The SMILES string of the molecule is CC(C)(C)[C@@H]1Cc2c(cc(N3CC(F)(F)C3)c3c2CC(C(F)F)O3)-c2cc(=O)c(C(=O)O)cn21. The fraction of sp³-hybridized carbons (Fsp3) is 0.500. The molecular weight excluding hydrogens is 456 g/mol. The molecule has 6 nitrogen and oxygen atoms in total. The summed E-state index contributed by atoms with van der Waals surface area (Å²) in [4.78, 5) is 25.6. The molecular formula is C24H24F4N2O4. The Bertz CT molecular complexity index is 1260. The lowest BCUT2D eigenvalue weighted by Crippen LogP contribution is -2.56. The third-order valence-electron chi connectivity index (χ3n) is 6.94. The number of aromatic nitrogens is 1. The first-order valence-electron chi connectivity index (χ1n) is 11.0. The standard InChI is InChI=1S/C24H24F4N2O4/c1-23(2,3)19-6-11-12(15-7-17(31)14(22(32)33)8-30(15)19)4-16(29-9-24(27,28)10-29)20-13(11)5-18(34-20)21(25)26/h4,7-8,18-19,21H,5-6,9-10H2,1-3H3,(H,32,33)/t18?,19-/m0/s1. The van der Waals surface area contributed by atoms with Crippen molar-refractivity contribution in [3.63, 3.8) is 0 Å². The van der Waals surface area contributed by atoms with Crippen LogP contribution in [-0.2, 0) is 12.8 Å². The van der Waals surface area contributed by atoms with Crippen LogP contribution < -0.4 is 15.1 Å². The topological polar surface area (TPSA) is 71.8 Å². The van der Waals surface area contributed by atoms with E-state index >= 15 is 0 Å². The molecule has 0 radical (unpaired) electrons. The number of alkyl halides is 4. The number of rotatable bonds is 3. The maximum absolute atomic E-state index is 13.7. The molecule has 0 aliphatic carbocycles. The third-order valence-corrected chi connectivity index (χ3v) is 6.94. The van der Waals surface area contributed by atoms with Crippen molar-refractivity contribution in [1.82, 2.24) is 4.57 Å². The van der Waals surface area contributed by atoms with Gasteiger partial charge in [-0.05, 0) is 23.5 Å². The van der Waals surface area contributed by atoms with E-state index in [1.165, 1.54) is 17.2 Å². The predicted octanol–water partition coefficient (Wildman–Crippen LogP) is 4.38. The molecule has 10 heteroatoms. The van der Waals surface area contributed by atoms with Crippen LogP contribution in [-0.4, -0.2) is 47.2 Å². The van der Waals surface area contributed by atoms with Crippen molar-refractivity contribution < 1.29 is 32.2 Å². The molecule has 1 aromatic carbocycles. The summed E-state index contributed by atoms with van der Waals surface area (Å²) < 4.78 is 61.9. The maximum Gasteiger partial charge on any atom is 0.341 e. The smallest absolute Gasteiger partial charge is 0.341 e. The highest BCUT2D eigenvalue weighted by Crippen LogP contribution is 2.52. The second kappa shape index (κ2) is 7.23. The number of carboxylic acids is 1. The number of hydrogen-bond donors (Lipinski definition) is 1. The number of anilines is 1. The van der Waals surface area contributed by atoms with E-state index < -0.39 is 42.9 Å². The lowest BCUT2D eigenvalue weighted by molar-refractivity contribution is -0.0269. The largest absolute Gasteiger partial charge is 0.482 e. The van der Waals surface area contributed by atoms with E-state index in [2.05, 4.69) is 0 Å². The Balaban J connectivity index is 1.76. The Morgan fingerprint density at radius 3 is 2.41 bits per heavy atom. The molecule has 0 saturated carbocycles. The van der Waals surface area contributed by atoms with E-state index in [4.69, 9.17) is 4.74 Å². The van der Waals surface area contributed by atoms with Crippen LogP contribution in [0.4, 0.5) is 23.2 Å². The van der Waals surface area contributed by atoms with Gasteiger partial charge in [0.05, 0.1) is 24.5 Å². The Kier molecular flexibility index (Phi) is 4.83. The van der Waals surface area contributed by atoms with Gasteiger partial charge in [0.15, 0.2) is 11.5 Å². The van der Waals surface area contributed by atoms with Gasteiger partial charge in [0.1, 0.15) is 11.3 Å². The van der Waals surface area contributed by atoms with Gasteiger partial charge in [-0.25, -0.2) is 22.4 Å². The van der Waals surface area contributed by atoms with Gasteiger partial charge in [-0.2, -0.15) is 0 Å². The van der Waals surface area contributed by atoms with Crippen molar-refractivity contribution in [2.75, 3.05) is 18.0 Å². The second-order valence-corrected chi connectivity index (χ2v) is 10.4. The predicted molar refractivity (Wildman–Crippen MR) is 117 cm³/mol. The zero-order valence-corrected chi connectivity index (χ0v) is 18.9. The summed E-state index contributed by atoms with van der Waals surface area (Å²) in [5.74, 6) is -4.03. The quantitative estimate of drug-likeness (QED) is 0.661. The number of nitrogens with zero attached hydrogens (tertiary/aromatic N) is 2. The monoisotopic (exact) mass is 480 g/mol. The zero-order chi connectivity index (χ0) is 24.7. The van der Waals surface area contributed by atoms with E-state index in [0.717, 1.165) is 5.56 Å². The number of ether oxygens (including phenoxy) is 1. The van der Waals surface area contributed by atoms with E-state index in [1.54, 1.807) is 10.6 Å². The summed E-state index contributed by atoms with van der Waals surface area (Å²) in [5.41, 5.74) is 1.14. The van der Waals surface area contributed by atoms with Gasteiger partial charge in [0.2, 0.25) is 0 Å². The highest BCUT2D eigenvalue weighted by Gasteiger charge is 2.47. The molecule has 5 rings (SSSR count). The molecule has 1 aromatic heterocycles. The summed E-state index contributed by atoms with van der Waals surface area (Å²) >= 11 is 0. The highest BCUT2D eigenvalue weighted by molar-refractivity contribution is 5.88. The number of carboxylic acid groups (broad SMARTS) is 1. The number of aromatic carboxylic acids is 1. The maximum atomic E-state index is 13.7. The van der Waals surface area contributed by atoms with Gasteiger partial charge < -0.3 is 19.3 Å². The molecule has 0 amide bonds. The first-order chi connectivity index (χ1) is 15.8. The molecule has 3 aliphatic heterocycles. The summed E-state index contributed by atoms with van der Waals surface area (Å²) in [5, 5.41) is 9.49.